The van der Waals surface area contributed by atoms with Crippen molar-refractivity contribution in [1.82, 2.24) is 10.6 Å². The highest BCUT2D eigenvalue weighted by atomic mass is 16.3. The topological polar surface area (TPSA) is 78.4 Å². The molecular formula is C12H24N2O3. The number of nitrogens with one attached hydrogen (secondary N) is 2. The summed E-state index contributed by atoms with van der Waals surface area (Å²) >= 11 is 0. The summed E-state index contributed by atoms with van der Waals surface area (Å²) in [6.07, 6.45) is 0.763. The molecule has 5 nitrogen and oxygen atoms in total. The number of amides is 2. The van der Waals surface area contributed by atoms with Gasteiger partial charge in [0.2, 0.25) is 0 Å². The Morgan fingerprint density at radius 3 is 2.00 bits per heavy atom. The van der Waals surface area contributed by atoms with Gasteiger partial charge in [0.15, 0.2) is 0 Å². The zero-order valence-corrected chi connectivity index (χ0v) is 11.4. The molecule has 0 aliphatic rings. The molecule has 0 unspecified atom stereocenters. The molecule has 0 aromatic rings. The van der Waals surface area contributed by atoms with E-state index in [0.717, 1.165) is 6.42 Å². The van der Waals surface area contributed by atoms with Gasteiger partial charge >= 0.3 is 11.8 Å². The largest absolute Gasteiger partial charge is 0.395 e. The molecule has 100 valence electrons. The quantitative estimate of drug-likeness (QED) is 0.627. The molecule has 0 fully saturated rings. The van der Waals surface area contributed by atoms with Crippen LogP contribution in [0.25, 0.3) is 0 Å². The molecule has 0 aliphatic carbocycles. The Bertz CT molecular complexity index is 280. The van der Waals surface area contributed by atoms with Gasteiger partial charge in [-0.15, -0.1) is 0 Å². The van der Waals surface area contributed by atoms with Crippen molar-refractivity contribution in [1.29, 1.82) is 0 Å². The summed E-state index contributed by atoms with van der Waals surface area (Å²) < 4.78 is 0. The van der Waals surface area contributed by atoms with Gasteiger partial charge in [0, 0.05) is 12.1 Å². The van der Waals surface area contributed by atoms with E-state index in [9.17, 15) is 9.59 Å². The number of hydrogen-bond donors (Lipinski definition) is 3. The lowest BCUT2D eigenvalue weighted by molar-refractivity contribution is -0.140. The van der Waals surface area contributed by atoms with Crippen LogP contribution in [0, 0.1) is 5.41 Å². The van der Waals surface area contributed by atoms with Crippen LogP contribution in [0.4, 0.5) is 0 Å². The smallest absolute Gasteiger partial charge is 0.309 e. The van der Waals surface area contributed by atoms with E-state index < -0.39 is 17.4 Å². The Kier molecular flexibility index (Phi) is 5.61. The Morgan fingerprint density at radius 2 is 1.59 bits per heavy atom. The van der Waals surface area contributed by atoms with E-state index in [1.807, 2.05) is 13.8 Å². The SMILES string of the molecule is CC(C)(C)CC(C)(C)NC(=O)C(=O)NCCO. The van der Waals surface area contributed by atoms with Crippen molar-refractivity contribution in [2.24, 2.45) is 5.41 Å². The number of aliphatic hydroxyl groups is 1. The molecule has 0 saturated carbocycles. The van der Waals surface area contributed by atoms with E-state index in [1.54, 1.807) is 0 Å². The summed E-state index contributed by atoms with van der Waals surface area (Å²) in [4.78, 5) is 22.9. The molecular weight excluding hydrogens is 220 g/mol. The van der Waals surface area contributed by atoms with Crippen LogP contribution in [-0.4, -0.2) is 35.6 Å². The number of aliphatic hydroxyl groups excluding tert-OH is 1. The van der Waals surface area contributed by atoms with E-state index in [0.29, 0.717) is 0 Å². The van der Waals surface area contributed by atoms with Gasteiger partial charge in [-0.3, -0.25) is 9.59 Å². The Labute approximate surface area is 103 Å². The Hall–Kier alpha value is -1.10. The standard InChI is InChI=1S/C12H24N2O3/c1-11(2,3)8-12(4,5)14-10(17)9(16)13-6-7-15/h15H,6-8H2,1-5H3,(H,13,16)(H,14,17). The monoisotopic (exact) mass is 244 g/mol. The van der Waals surface area contributed by atoms with Crippen molar-refractivity contribution in [3.05, 3.63) is 0 Å². The van der Waals surface area contributed by atoms with Crippen molar-refractivity contribution in [2.45, 2.75) is 46.6 Å². The van der Waals surface area contributed by atoms with Crippen LogP contribution in [0.15, 0.2) is 0 Å². The molecule has 0 bridgehead atoms. The highest BCUT2D eigenvalue weighted by Crippen LogP contribution is 2.26. The highest BCUT2D eigenvalue weighted by Gasteiger charge is 2.28. The summed E-state index contributed by atoms with van der Waals surface area (Å²) in [6.45, 7) is 9.91. The van der Waals surface area contributed by atoms with Crippen molar-refractivity contribution in [2.75, 3.05) is 13.2 Å². The predicted molar refractivity (Wildman–Crippen MR) is 66.4 cm³/mol. The molecule has 0 aromatic heterocycles. The first-order valence-corrected chi connectivity index (χ1v) is 5.79. The molecule has 0 aromatic carbocycles. The maximum Gasteiger partial charge on any atom is 0.309 e. The average Bonchev–Trinajstić information content (AvgIpc) is 2.08. The second-order valence-electron chi connectivity index (χ2n) is 6.05. The number of rotatable bonds is 4. The Balaban J connectivity index is 4.31. The van der Waals surface area contributed by atoms with Crippen LogP contribution in [-0.2, 0) is 9.59 Å². The van der Waals surface area contributed by atoms with E-state index >= 15 is 0 Å². The summed E-state index contributed by atoms with van der Waals surface area (Å²) in [5, 5.41) is 13.5. The van der Waals surface area contributed by atoms with Crippen molar-refractivity contribution in [3.8, 4) is 0 Å². The molecule has 17 heavy (non-hydrogen) atoms. The average molecular weight is 244 g/mol. The van der Waals surface area contributed by atoms with Gasteiger partial charge in [0.05, 0.1) is 6.61 Å². The van der Waals surface area contributed by atoms with E-state index in [2.05, 4.69) is 31.4 Å². The minimum Gasteiger partial charge on any atom is -0.395 e. The van der Waals surface area contributed by atoms with Crippen LogP contribution in [0.2, 0.25) is 0 Å². The fourth-order valence-electron chi connectivity index (χ4n) is 1.98. The lowest BCUT2D eigenvalue weighted by atomic mass is 9.82. The number of carbonyl (C=O) groups is 2. The second-order valence-corrected chi connectivity index (χ2v) is 6.05. The molecule has 0 radical (unpaired) electrons. The van der Waals surface area contributed by atoms with Crippen molar-refractivity contribution in [3.63, 3.8) is 0 Å². The first-order chi connectivity index (χ1) is 7.57. The van der Waals surface area contributed by atoms with Gasteiger partial charge in [0.25, 0.3) is 0 Å². The van der Waals surface area contributed by atoms with Gasteiger partial charge in [0.1, 0.15) is 0 Å². The molecule has 0 aliphatic heterocycles. The number of carbonyl (C=O) groups excluding carboxylic acids is 2. The summed E-state index contributed by atoms with van der Waals surface area (Å²) in [7, 11) is 0. The molecule has 5 heteroatoms. The lowest BCUT2D eigenvalue weighted by Crippen LogP contribution is -2.51. The molecule has 0 rings (SSSR count). The van der Waals surface area contributed by atoms with Crippen LogP contribution < -0.4 is 10.6 Å². The fraction of sp³-hybridized carbons (Fsp3) is 0.833. The highest BCUT2D eigenvalue weighted by molar-refractivity contribution is 6.35. The minimum absolute atomic E-state index is 0.0678. The normalized spacial score (nSPS) is 12.1. The van der Waals surface area contributed by atoms with Crippen molar-refractivity contribution >= 4 is 11.8 Å². The lowest BCUT2D eigenvalue weighted by Gasteiger charge is -2.33. The molecule has 2 amide bonds. The van der Waals surface area contributed by atoms with Crippen molar-refractivity contribution < 1.29 is 14.7 Å². The van der Waals surface area contributed by atoms with Gasteiger partial charge in [-0.25, -0.2) is 0 Å². The zero-order valence-electron chi connectivity index (χ0n) is 11.4. The van der Waals surface area contributed by atoms with Gasteiger partial charge in [-0.2, -0.15) is 0 Å². The van der Waals surface area contributed by atoms with Gasteiger partial charge < -0.3 is 15.7 Å². The van der Waals surface area contributed by atoms with Crippen LogP contribution >= 0.6 is 0 Å². The first kappa shape index (κ1) is 15.9. The van der Waals surface area contributed by atoms with E-state index in [-0.39, 0.29) is 18.6 Å². The molecule has 0 saturated heterocycles. The maximum atomic E-state index is 11.5. The third kappa shape index (κ3) is 7.74. The third-order valence-electron chi connectivity index (χ3n) is 2.03. The van der Waals surface area contributed by atoms with Gasteiger partial charge in [-0.1, -0.05) is 20.8 Å². The maximum absolute atomic E-state index is 11.5. The summed E-state index contributed by atoms with van der Waals surface area (Å²) in [5.74, 6) is -1.37. The van der Waals surface area contributed by atoms with E-state index in [4.69, 9.17) is 5.11 Å². The van der Waals surface area contributed by atoms with Crippen LogP contribution in [0.3, 0.4) is 0 Å². The van der Waals surface area contributed by atoms with Gasteiger partial charge in [-0.05, 0) is 25.7 Å². The molecule has 0 heterocycles. The molecule has 3 N–H and O–H groups in total. The summed E-state index contributed by atoms with van der Waals surface area (Å²) in [6, 6.07) is 0. The Morgan fingerprint density at radius 1 is 1.06 bits per heavy atom. The first-order valence-electron chi connectivity index (χ1n) is 5.79. The number of hydrogen-bond acceptors (Lipinski definition) is 3. The molecule has 0 spiro atoms. The third-order valence-corrected chi connectivity index (χ3v) is 2.03. The van der Waals surface area contributed by atoms with E-state index in [1.165, 1.54) is 0 Å². The summed E-state index contributed by atoms with van der Waals surface area (Å²) in [5.41, 5.74) is -0.371. The zero-order chi connectivity index (χ0) is 13.7. The van der Waals surface area contributed by atoms with Crippen LogP contribution in [0.5, 0.6) is 0 Å². The minimum atomic E-state index is -0.707. The van der Waals surface area contributed by atoms with Crippen LogP contribution in [0.1, 0.15) is 41.0 Å². The second kappa shape index (κ2) is 6.00. The molecule has 0 atom stereocenters. The fourth-order valence-corrected chi connectivity index (χ4v) is 1.98. The predicted octanol–water partition coefficient (Wildman–Crippen LogP) is 0.426.